The smallest absolute Gasteiger partial charge is 0.345 e. The molecule has 4 rings (SSSR count). The SMILES string of the molecule is Cc1ccc(OCC(=O)NN=Cc2c(OC(=O)c3ccc(Cl)cc3Cl)ccc3ccccc23)cc1C. The van der Waals surface area contributed by atoms with Crippen LogP contribution in [0, 0.1) is 13.8 Å². The number of rotatable bonds is 7. The van der Waals surface area contributed by atoms with Gasteiger partial charge in [-0.25, -0.2) is 10.2 Å². The summed E-state index contributed by atoms with van der Waals surface area (Å²) >= 11 is 12.1. The molecular formula is C28H22Cl2N2O4. The van der Waals surface area contributed by atoms with Crippen molar-refractivity contribution in [2.24, 2.45) is 5.10 Å². The van der Waals surface area contributed by atoms with Crippen molar-refractivity contribution < 1.29 is 19.1 Å². The average molecular weight is 521 g/mol. The maximum absolute atomic E-state index is 12.8. The predicted octanol–water partition coefficient (Wildman–Crippen LogP) is 6.51. The Bertz CT molecular complexity index is 1480. The fourth-order valence-electron chi connectivity index (χ4n) is 3.46. The summed E-state index contributed by atoms with van der Waals surface area (Å²) in [4.78, 5) is 25.1. The van der Waals surface area contributed by atoms with E-state index >= 15 is 0 Å². The number of benzene rings is 4. The zero-order valence-electron chi connectivity index (χ0n) is 19.5. The zero-order chi connectivity index (χ0) is 25.7. The molecular weight excluding hydrogens is 499 g/mol. The zero-order valence-corrected chi connectivity index (χ0v) is 21.1. The van der Waals surface area contributed by atoms with Crippen molar-refractivity contribution in [3.05, 3.63) is 105 Å². The van der Waals surface area contributed by atoms with E-state index < -0.39 is 11.9 Å². The van der Waals surface area contributed by atoms with Gasteiger partial charge in [0.15, 0.2) is 6.61 Å². The molecule has 0 heterocycles. The molecule has 1 N–H and O–H groups in total. The van der Waals surface area contributed by atoms with Gasteiger partial charge < -0.3 is 9.47 Å². The van der Waals surface area contributed by atoms with Crippen molar-refractivity contribution in [2.75, 3.05) is 6.61 Å². The van der Waals surface area contributed by atoms with Gasteiger partial charge in [-0.05, 0) is 72.1 Å². The van der Waals surface area contributed by atoms with Gasteiger partial charge in [0.05, 0.1) is 16.8 Å². The van der Waals surface area contributed by atoms with E-state index in [1.165, 1.54) is 18.3 Å². The molecule has 0 saturated carbocycles. The number of aryl methyl sites for hydroxylation is 2. The molecule has 36 heavy (non-hydrogen) atoms. The van der Waals surface area contributed by atoms with Crippen LogP contribution in [-0.4, -0.2) is 24.7 Å². The number of amides is 1. The molecule has 0 aromatic heterocycles. The molecule has 182 valence electrons. The minimum atomic E-state index is -0.646. The number of halogens is 2. The summed E-state index contributed by atoms with van der Waals surface area (Å²) in [5.74, 6) is -0.223. The Morgan fingerprint density at radius 1 is 0.944 bits per heavy atom. The lowest BCUT2D eigenvalue weighted by molar-refractivity contribution is -0.123. The number of nitrogens with zero attached hydrogens (tertiary/aromatic N) is 1. The summed E-state index contributed by atoms with van der Waals surface area (Å²) in [5, 5.41) is 6.35. The van der Waals surface area contributed by atoms with Crippen LogP contribution in [0.15, 0.2) is 77.9 Å². The van der Waals surface area contributed by atoms with E-state index in [0.717, 1.165) is 21.9 Å². The lowest BCUT2D eigenvalue weighted by Crippen LogP contribution is -2.24. The highest BCUT2D eigenvalue weighted by Crippen LogP contribution is 2.29. The largest absolute Gasteiger partial charge is 0.484 e. The third-order valence-electron chi connectivity index (χ3n) is 5.52. The Kier molecular flexibility index (Phi) is 7.88. The van der Waals surface area contributed by atoms with E-state index in [9.17, 15) is 9.59 Å². The molecule has 0 fully saturated rings. The number of hydrogen-bond donors (Lipinski definition) is 1. The Morgan fingerprint density at radius 2 is 1.75 bits per heavy atom. The third-order valence-corrected chi connectivity index (χ3v) is 6.06. The van der Waals surface area contributed by atoms with Crippen LogP contribution in [0.25, 0.3) is 10.8 Å². The van der Waals surface area contributed by atoms with Crippen molar-refractivity contribution in [3.8, 4) is 11.5 Å². The Morgan fingerprint density at radius 3 is 2.53 bits per heavy atom. The predicted molar refractivity (Wildman–Crippen MR) is 143 cm³/mol. The summed E-state index contributed by atoms with van der Waals surface area (Å²) in [6.07, 6.45) is 1.43. The monoisotopic (exact) mass is 520 g/mol. The Labute approximate surface area is 218 Å². The summed E-state index contributed by atoms with van der Waals surface area (Å²) in [7, 11) is 0. The molecule has 0 aliphatic heterocycles. The normalized spacial score (nSPS) is 11.0. The highest BCUT2D eigenvalue weighted by atomic mass is 35.5. The maximum atomic E-state index is 12.8. The number of esters is 1. The highest BCUT2D eigenvalue weighted by molar-refractivity contribution is 6.36. The van der Waals surface area contributed by atoms with Crippen molar-refractivity contribution >= 4 is 52.1 Å². The molecule has 0 bridgehead atoms. The lowest BCUT2D eigenvalue weighted by Gasteiger charge is -2.11. The van der Waals surface area contributed by atoms with Crippen molar-refractivity contribution in [1.82, 2.24) is 5.43 Å². The van der Waals surface area contributed by atoms with Gasteiger partial charge in [0.2, 0.25) is 0 Å². The number of fused-ring (bicyclic) bond motifs is 1. The molecule has 0 aliphatic carbocycles. The van der Waals surface area contributed by atoms with Gasteiger partial charge in [-0.3, -0.25) is 4.79 Å². The number of carbonyl (C=O) groups excluding carboxylic acids is 2. The van der Waals surface area contributed by atoms with Crippen LogP contribution in [-0.2, 0) is 4.79 Å². The van der Waals surface area contributed by atoms with Crippen LogP contribution in [0.4, 0.5) is 0 Å². The third kappa shape index (κ3) is 6.03. The molecule has 0 radical (unpaired) electrons. The fraction of sp³-hybridized carbons (Fsp3) is 0.107. The van der Waals surface area contributed by atoms with Crippen molar-refractivity contribution in [1.29, 1.82) is 0 Å². The number of ether oxygens (including phenoxy) is 2. The molecule has 0 atom stereocenters. The van der Waals surface area contributed by atoms with Crippen molar-refractivity contribution in [3.63, 3.8) is 0 Å². The van der Waals surface area contributed by atoms with E-state index in [4.69, 9.17) is 32.7 Å². The minimum absolute atomic E-state index is 0.175. The fourth-order valence-corrected chi connectivity index (χ4v) is 3.95. The summed E-state index contributed by atoms with van der Waals surface area (Å²) in [6.45, 7) is 3.78. The summed E-state index contributed by atoms with van der Waals surface area (Å²) in [6, 6.07) is 21.2. The van der Waals surface area contributed by atoms with Gasteiger partial charge in [0.25, 0.3) is 5.91 Å². The first-order valence-electron chi connectivity index (χ1n) is 11.0. The lowest BCUT2D eigenvalue weighted by atomic mass is 10.0. The Balaban J connectivity index is 1.51. The highest BCUT2D eigenvalue weighted by Gasteiger charge is 2.16. The molecule has 8 heteroatoms. The molecule has 0 unspecified atom stereocenters. The number of hydrogen-bond acceptors (Lipinski definition) is 5. The summed E-state index contributed by atoms with van der Waals surface area (Å²) < 4.78 is 11.2. The van der Waals surface area contributed by atoms with Crippen LogP contribution < -0.4 is 14.9 Å². The quantitative estimate of drug-likeness (QED) is 0.130. The van der Waals surface area contributed by atoms with Gasteiger partial charge in [-0.2, -0.15) is 5.10 Å². The first kappa shape index (κ1) is 25.2. The number of hydrazone groups is 1. The first-order valence-corrected chi connectivity index (χ1v) is 11.8. The van der Waals surface area contributed by atoms with Crippen LogP contribution in [0.2, 0.25) is 10.0 Å². The van der Waals surface area contributed by atoms with Crippen LogP contribution >= 0.6 is 23.2 Å². The molecule has 4 aromatic rings. The Hall–Kier alpha value is -3.87. The van der Waals surface area contributed by atoms with Gasteiger partial charge in [-0.1, -0.05) is 59.6 Å². The molecule has 4 aromatic carbocycles. The summed E-state index contributed by atoms with van der Waals surface area (Å²) in [5.41, 5.74) is 5.35. The van der Waals surface area contributed by atoms with E-state index in [0.29, 0.717) is 16.3 Å². The van der Waals surface area contributed by atoms with E-state index in [2.05, 4.69) is 10.5 Å². The maximum Gasteiger partial charge on any atom is 0.345 e. The average Bonchev–Trinajstić information content (AvgIpc) is 2.85. The van der Waals surface area contributed by atoms with Gasteiger partial charge in [0.1, 0.15) is 11.5 Å². The van der Waals surface area contributed by atoms with Gasteiger partial charge in [-0.15, -0.1) is 0 Å². The molecule has 6 nitrogen and oxygen atoms in total. The van der Waals surface area contributed by atoms with Crippen LogP contribution in [0.5, 0.6) is 11.5 Å². The molecule has 0 saturated heterocycles. The number of nitrogens with one attached hydrogen (secondary N) is 1. The van der Waals surface area contributed by atoms with E-state index in [1.807, 2.05) is 62.4 Å². The molecule has 0 spiro atoms. The standard InChI is InChI=1S/C28H22Cl2N2O4/c1-17-7-10-21(13-18(17)2)35-16-27(33)32-31-15-24-22-6-4-3-5-19(22)8-12-26(24)36-28(34)23-11-9-20(29)14-25(23)30/h3-15H,16H2,1-2H3,(H,32,33). The molecule has 1 amide bonds. The van der Waals surface area contributed by atoms with E-state index in [-0.39, 0.29) is 22.9 Å². The van der Waals surface area contributed by atoms with E-state index in [1.54, 1.807) is 12.1 Å². The van der Waals surface area contributed by atoms with Gasteiger partial charge in [0, 0.05) is 10.6 Å². The van der Waals surface area contributed by atoms with Gasteiger partial charge >= 0.3 is 5.97 Å². The topological polar surface area (TPSA) is 77.0 Å². The first-order chi connectivity index (χ1) is 17.3. The van der Waals surface area contributed by atoms with Crippen molar-refractivity contribution in [2.45, 2.75) is 13.8 Å². The second-order valence-corrected chi connectivity index (χ2v) is 8.88. The van der Waals surface area contributed by atoms with Crippen LogP contribution in [0.1, 0.15) is 27.0 Å². The molecule has 0 aliphatic rings. The minimum Gasteiger partial charge on any atom is -0.484 e. The second kappa shape index (κ2) is 11.2. The second-order valence-electron chi connectivity index (χ2n) is 8.04. The van der Waals surface area contributed by atoms with Crippen LogP contribution in [0.3, 0.4) is 0 Å². The number of carbonyl (C=O) groups is 2.